The van der Waals surface area contributed by atoms with Crippen molar-refractivity contribution in [3.05, 3.63) is 35.7 Å². The van der Waals surface area contributed by atoms with Crippen molar-refractivity contribution in [2.45, 2.75) is 26.4 Å². The molecule has 0 bridgehead atoms. The summed E-state index contributed by atoms with van der Waals surface area (Å²) in [5.74, 6) is 1.37. The summed E-state index contributed by atoms with van der Waals surface area (Å²) in [6, 6.07) is 8.57. The highest BCUT2D eigenvalue weighted by molar-refractivity contribution is 5.85. The Morgan fingerprint density at radius 1 is 1.38 bits per heavy atom. The van der Waals surface area contributed by atoms with Gasteiger partial charge in [0.25, 0.3) is 5.89 Å². The van der Waals surface area contributed by atoms with E-state index >= 15 is 0 Å². The SMILES string of the molecule is Cc1ccccc1-c1nc(CN2CCNC[C@@H]2C)no1.Cl. The Kier molecular flexibility index (Phi) is 5.33. The molecular weight excluding hydrogens is 288 g/mol. The molecule has 1 aliphatic rings. The summed E-state index contributed by atoms with van der Waals surface area (Å²) >= 11 is 0. The highest BCUT2D eigenvalue weighted by atomic mass is 35.5. The minimum Gasteiger partial charge on any atom is -0.334 e. The number of benzene rings is 1. The maximum absolute atomic E-state index is 5.40. The Morgan fingerprint density at radius 3 is 2.95 bits per heavy atom. The number of hydrogen-bond acceptors (Lipinski definition) is 5. The molecule has 1 fully saturated rings. The molecule has 1 N–H and O–H groups in total. The minimum atomic E-state index is 0. The van der Waals surface area contributed by atoms with E-state index in [2.05, 4.69) is 40.3 Å². The van der Waals surface area contributed by atoms with Gasteiger partial charge in [-0.05, 0) is 25.5 Å². The summed E-state index contributed by atoms with van der Waals surface area (Å²) in [6.45, 7) is 8.08. The summed E-state index contributed by atoms with van der Waals surface area (Å²) in [5.41, 5.74) is 2.16. The van der Waals surface area contributed by atoms with Crippen molar-refractivity contribution in [1.29, 1.82) is 0 Å². The first-order valence-corrected chi connectivity index (χ1v) is 7.07. The maximum Gasteiger partial charge on any atom is 0.258 e. The smallest absolute Gasteiger partial charge is 0.258 e. The van der Waals surface area contributed by atoms with Crippen molar-refractivity contribution in [2.24, 2.45) is 0 Å². The van der Waals surface area contributed by atoms with E-state index in [0.29, 0.717) is 11.9 Å². The van der Waals surface area contributed by atoms with Crippen LogP contribution < -0.4 is 5.32 Å². The van der Waals surface area contributed by atoms with Gasteiger partial charge in [0.1, 0.15) is 0 Å². The van der Waals surface area contributed by atoms with Gasteiger partial charge < -0.3 is 9.84 Å². The van der Waals surface area contributed by atoms with Crippen LogP contribution in [0.25, 0.3) is 11.5 Å². The number of nitrogens with one attached hydrogen (secondary N) is 1. The fourth-order valence-corrected chi connectivity index (χ4v) is 2.54. The van der Waals surface area contributed by atoms with Gasteiger partial charge in [0.2, 0.25) is 0 Å². The van der Waals surface area contributed by atoms with E-state index in [4.69, 9.17) is 4.52 Å². The van der Waals surface area contributed by atoms with Crippen LogP contribution in [0.1, 0.15) is 18.3 Å². The first-order chi connectivity index (χ1) is 9.74. The molecule has 1 aromatic carbocycles. The van der Waals surface area contributed by atoms with Crippen molar-refractivity contribution < 1.29 is 4.52 Å². The quantitative estimate of drug-likeness (QED) is 0.942. The summed E-state index contributed by atoms with van der Waals surface area (Å²) in [6.07, 6.45) is 0. The number of piperazine rings is 1. The molecular formula is C15H21ClN4O. The molecule has 2 heterocycles. The third-order valence-electron chi connectivity index (χ3n) is 3.83. The van der Waals surface area contributed by atoms with Crippen LogP contribution in [-0.2, 0) is 6.54 Å². The fourth-order valence-electron chi connectivity index (χ4n) is 2.54. The average molecular weight is 309 g/mol. The number of rotatable bonds is 3. The lowest BCUT2D eigenvalue weighted by atomic mass is 10.1. The van der Waals surface area contributed by atoms with E-state index < -0.39 is 0 Å². The predicted octanol–water partition coefficient (Wildman–Crippen LogP) is 2.26. The molecule has 3 rings (SSSR count). The number of aromatic nitrogens is 2. The van der Waals surface area contributed by atoms with Crippen molar-refractivity contribution in [3.8, 4) is 11.5 Å². The lowest BCUT2D eigenvalue weighted by Gasteiger charge is -2.32. The van der Waals surface area contributed by atoms with Crippen molar-refractivity contribution in [3.63, 3.8) is 0 Å². The van der Waals surface area contributed by atoms with Crippen LogP contribution >= 0.6 is 12.4 Å². The highest BCUT2D eigenvalue weighted by Gasteiger charge is 2.20. The monoisotopic (exact) mass is 308 g/mol. The van der Waals surface area contributed by atoms with Crippen LogP contribution in [0.2, 0.25) is 0 Å². The zero-order valence-corrected chi connectivity index (χ0v) is 13.2. The van der Waals surface area contributed by atoms with Gasteiger partial charge in [-0.2, -0.15) is 4.98 Å². The Hall–Kier alpha value is -1.43. The van der Waals surface area contributed by atoms with Crippen LogP contribution in [-0.4, -0.2) is 40.7 Å². The zero-order chi connectivity index (χ0) is 13.9. The first-order valence-electron chi connectivity index (χ1n) is 7.07. The second-order valence-corrected chi connectivity index (χ2v) is 5.35. The lowest BCUT2D eigenvalue weighted by molar-refractivity contribution is 0.160. The van der Waals surface area contributed by atoms with Gasteiger partial charge >= 0.3 is 0 Å². The Labute approximate surface area is 131 Å². The van der Waals surface area contributed by atoms with E-state index in [9.17, 15) is 0 Å². The number of aryl methyl sites for hydroxylation is 1. The predicted molar refractivity (Wildman–Crippen MR) is 84.5 cm³/mol. The van der Waals surface area contributed by atoms with Crippen LogP contribution in [0, 0.1) is 6.92 Å². The third kappa shape index (κ3) is 3.61. The van der Waals surface area contributed by atoms with Gasteiger partial charge in [-0.1, -0.05) is 23.4 Å². The Bertz CT molecular complexity index is 587. The van der Waals surface area contributed by atoms with Crippen LogP contribution in [0.4, 0.5) is 0 Å². The van der Waals surface area contributed by atoms with Gasteiger partial charge in [-0.25, -0.2) is 0 Å². The van der Waals surface area contributed by atoms with E-state index in [1.54, 1.807) is 0 Å². The number of nitrogens with zero attached hydrogens (tertiary/aromatic N) is 3. The van der Waals surface area contributed by atoms with Crippen LogP contribution in [0.3, 0.4) is 0 Å². The van der Waals surface area contributed by atoms with Crippen LogP contribution in [0.15, 0.2) is 28.8 Å². The molecule has 1 saturated heterocycles. The molecule has 1 atom stereocenters. The molecule has 1 aromatic heterocycles. The van der Waals surface area contributed by atoms with Gasteiger partial charge in [0, 0.05) is 31.2 Å². The molecule has 21 heavy (non-hydrogen) atoms. The van der Waals surface area contributed by atoms with Gasteiger partial charge in [0.05, 0.1) is 6.54 Å². The molecule has 114 valence electrons. The van der Waals surface area contributed by atoms with Crippen molar-refractivity contribution in [2.75, 3.05) is 19.6 Å². The molecule has 2 aromatic rings. The zero-order valence-electron chi connectivity index (χ0n) is 12.4. The maximum atomic E-state index is 5.40. The average Bonchev–Trinajstić information content (AvgIpc) is 2.90. The van der Waals surface area contributed by atoms with Crippen LogP contribution in [0.5, 0.6) is 0 Å². The van der Waals surface area contributed by atoms with E-state index in [0.717, 1.165) is 43.1 Å². The second kappa shape index (κ2) is 7.02. The highest BCUT2D eigenvalue weighted by Crippen LogP contribution is 2.21. The Morgan fingerprint density at radius 2 is 2.19 bits per heavy atom. The standard InChI is InChI=1S/C15H20N4O.ClH/c1-11-5-3-4-6-13(11)15-17-14(18-20-15)10-19-8-7-16-9-12(19)2;/h3-6,12,16H,7-10H2,1-2H3;1H/t12-;/m0./s1. The number of halogens is 1. The van der Waals surface area contributed by atoms with E-state index in [-0.39, 0.29) is 12.4 Å². The van der Waals surface area contributed by atoms with E-state index in [1.165, 1.54) is 0 Å². The summed E-state index contributed by atoms with van der Waals surface area (Å²) in [7, 11) is 0. The summed E-state index contributed by atoms with van der Waals surface area (Å²) < 4.78 is 5.40. The van der Waals surface area contributed by atoms with Gasteiger partial charge in [-0.3, -0.25) is 4.90 Å². The normalized spacial score (nSPS) is 19.2. The molecule has 5 nitrogen and oxygen atoms in total. The molecule has 0 saturated carbocycles. The molecule has 0 spiro atoms. The van der Waals surface area contributed by atoms with Gasteiger partial charge in [-0.15, -0.1) is 12.4 Å². The largest absolute Gasteiger partial charge is 0.334 e. The van der Waals surface area contributed by atoms with Gasteiger partial charge in [0.15, 0.2) is 5.82 Å². The fraction of sp³-hybridized carbons (Fsp3) is 0.467. The van der Waals surface area contributed by atoms with Crippen molar-refractivity contribution in [1.82, 2.24) is 20.4 Å². The molecule has 0 aliphatic carbocycles. The second-order valence-electron chi connectivity index (χ2n) is 5.35. The van der Waals surface area contributed by atoms with Crippen molar-refractivity contribution >= 4 is 12.4 Å². The summed E-state index contributed by atoms with van der Waals surface area (Å²) in [5, 5.41) is 7.50. The molecule has 0 unspecified atom stereocenters. The molecule has 0 amide bonds. The lowest BCUT2D eigenvalue weighted by Crippen LogP contribution is -2.49. The third-order valence-corrected chi connectivity index (χ3v) is 3.83. The van der Waals surface area contributed by atoms with E-state index in [1.807, 2.05) is 18.2 Å². The minimum absolute atomic E-state index is 0. The topological polar surface area (TPSA) is 54.2 Å². The Balaban J connectivity index is 0.00000161. The molecule has 6 heteroatoms. The number of hydrogen-bond donors (Lipinski definition) is 1. The summed E-state index contributed by atoms with van der Waals surface area (Å²) in [4.78, 5) is 6.91. The first kappa shape index (κ1) is 15.9. The molecule has 0 radical (unpaired) electrons. The molecule has 1 aliphatic heterocycles.